The molecule has 0 radical (unpaired) electrons. The predicted molar refractivity (Wildman–Crippen MR) is 79.6 cm³/mol. The molecule has 0 bridgehead atoms. The van der Waals surface area contributed by atoms with Gasteiger partial charge in [0.1, 0.15) is 18.5 Å². The minimum atomic E-state index is 0.157. The maximum Gasteiger partial charge on any atom is 0.124 e. The van der Waals surface area contributed by atoms with E-state index in [0.29, 0.717) is 6.61 Å². The number of hydrogen-bond acceptors (Lipinski definition) is 4. The molecule has 1 unspecified atom stereocenters. The van der Waals surface area contributed by atoms with E-state index in [2.05, 4.69) is 39.3 Å². The highest BCUT2D eigenvalue weighted by Gasteiger charge is 2.18. The molecule has 106 valence electrons. The lowest BCUT2D eigenvalue weighted by molar-refractivity contribution is -0.0404. The summed E-state index contributed by atoms with van der Waals surface area (Å²) < 4.78 is 12.7. The monoisotopic (exact) mass is 328 g/mol. The predicted octanol–water partition coefficient (Wildman–Crippen LogP) is 1.88. The van der Waals surface area contributed by atoms with Gasteiger partial charge in [-0.2, -0.15) is 0 Å². The van der Waals surface area contributed by atoms with Gasteiger partial charge in [-0.1, -0.05) is 15.9 Å². The molecule has 1 aliphatic heterocycles. The topological polar surface area (TPSA) is 33.7 Å². The van der Waals surface area contributed by atoms with Crippen molar-refractivity contribution in [3.8, 4) is 5.75 Å². The fourth-order valence-corrected chi connectivity index (χ4v) is 2.58. The van der Waals surface area contributed by atoms with E-state index in [1.165, 1.54) is 0 Å². The highest BCUT2D eigenvalue weighted by Crippen LogP contribution is 2.23. The van der Waals surface area contributed by atoms with Gasteiger partial charge in [0.15, 0.2) is 0 Å². The average molecular weight is 329 g/mol. The Balaban J connectivity index is 1.94. The van der Waals surface area contributed by atoms with Gasteiger partial charge >= 0.3 is 0 Å². The molecule has 1 atom stereocenters. The second-order valence-corrected chi connectivity index (χ2v) is 5.76. The van der Waals surface area contributed by atoms with E-state index in [4.69, 9.17) is 9.47 Å². The van der Waals surface area contributed by atoms with Crippen molar-refractivity contribution < 1.29 is 9.47 Å². The second-order valence-electron chi connectivity index (χ2n) is 4.85. The summed E-state index contributed by atoms with van der Waals surface area (Å²) in [6.07, 6.45) is 0.157. The van der Waals surface area contributed by atoms with Crippen LogP contribution in [0.15, 0.2) is 22.7 Å². The van der Waals surface area contributed by atoms with Crippen LogP contribution in [0.4, 0.5) is 0 Å². The quantitative estimate of drug-likeness (QED) is 0.894. The van der Waals surface area contributed by atoms with Crippen molar-refractivity contribution in [2.75, 3.05) is 40.4 Å². The summed E-state index contributed by atoms with van der Waals surface area (Å²) in [5, 5.41) is 3.16. The summed E-state index contributed by atoms with van der Waals surface area (Å²) in [6, 6.07) is 6.09. The zero-order valence-electron chi connectivity index (χ0n) is 11.5. The van der Waals surface area contributed by atoms with Gasteiger partial charge in [0, 0.05) is 29.7 Å². The number of benzene rings is 1. The number of morpholine rings is 1. The number of hydrogen-bond donors (Lipinski definition) is 1. The molecule has 1 saturated heterocycles. The van der Waals surface area contributed by atoms with Crippen LogP contribution in [0.3, 0.4) is 0 Å². The number of likely N-dealkylation sites (N-methyl/N-ethyl adjacent to an activating group) is 1. The Kier molecular flexibility index (Phi) is 5.63. The van der Waals surface area contributed by atoms with Crippen LogP contribution in [-0.2, 0) is 11.3 Å². The Bertz CT molecular complexity index is 414. The van der Waals surface area contributed by atoms with Gasteiger partial charge in [0.2, 0.25) is 0 Å². The maximum atomic E-state index is 5.92. The summed E-state index contributed by atoms with van der Waals surface area (Å²) in [7, 11) is 4.05. The molecule has 2 rings (SSSR count). The highest BCUT2D eigenvalue weighted by molar-refractivity contribution is 9.10. The third-order valence-electron chi connectivity index (χ3n) is 3.16. The van der Waals surface area contributed by atoms with E-state index in [-0.39, 0.29) is 6.10 Å². The van der Waals surface area contributed by atoms with Gasteiger partial charge in [0.25, 0.3) is 0 Å². The molecule has 1 fully saturated rings. The average Bonchev–Trinajstić information content (AvgIpc) is 2.38. The molecule has 1 aromatic rings. The van der Waals surface area contributed by atoms with Crippen molar-refractivity contribution in [2.45, 2.75) is 12.6 Å². The molecule has 5 heteroatoms. The molecular formula is C14H21BrN2O2. The van der Waals surface area contributed by atoms with Crippen molar-refractivity contribution in [3.05, 3.63) is 28.2 Å². The van der Waals surface area contributed by atoms with Crippen LogP contribution >= 0.6 is 15.9 Å². The lowest BCUT2D eigenvalue weighted by atomic mass is 10.2. The molecule has 1 aromatic carbocycles. The zero-order valence-corrected chi connectivity index (χ0v) is 13.1. The van der Waals surface area contributed by atoms with Crippen LogP contribution in [0, 0.1) is 0 Å². The Morgan fingerprint density at radius 3 is 3.11 bits per heavy atom. The summed E-state index contributed by atoms with van der Waals surface area (Å²) >= 11 is 3.49. The molecule has 1 heterocycles. The van der Waals surface area contributed by atoms with Crippen molar-refractivity contribution >= 4 is 15.9 Å². The Labute approximate surface area is 123 Å². The molecule has 19 heavy (non-hydrogen) atoms. The molecule has 0 spiro atoms. The lowest BCUT2D eigenvalue weighted by Crippen LogP contribution is -2.42. The van der Waals surface area contributed by atoms with Crippen LogP contribution in [0.1, 0.15) is 5.56 Å². The molecule has 1 N–H and O–H groups in total. The largest absolute Gasteiger partial charge is 0.490 e. The van der Waals surface area contributed by atoms with Crippen molar-refractivity contribution in [3.63, 3.8) is 0 Å². The first kappa shape index (κ1) is 14.8. The van der Waals surface area contributed by atoms with E-state index in [0.717, 1.165) is 42.0 Å². The minimum Gasteiger partial charge on any atom is -0.490 e. The number of rotatable bonds is 5. The standard InChI is InChI=1S/C14H21BrN2O2/c1-16-8-11-7-12(15)3-4-14(11)19-10-13-9-17(2)5-6-18-13/h3-4,7,13,16H,5-6,8-10H2,1-2H3. The zero-order chi connectivity index (χ0) is 13.7. The lowest BCUT2D eigenvalue weighted by Gasteiger charge is -2.30. The second kappa shape index (κ2) is 7.24. The molecule has 1 aliphatic rings. The number of nitrogens with one attached hydrogen (secondary N) is 1. The first-order valence-electron chi connectivity index (χ1n) is 6.55. The molecule has 0 saturated carbocycles. The fraction of sp³-hybridized carbons (Fsp3) is 0.571. The minimum absolute atomic E-state index is 0.157. The van der Waals surface area contributed by atoms with Crippen molar-refractivity contribution in [1.29, 1.82) is 0 Å². The Hall–Kier alpha value is -0.620. The van der Waals surface area contributed by atoms with Gasteiger partial charge in [-0.05, 0) is 32.3 Å². The summed E-state index contributed by atoms with van der Waals surface area (Å²) in [4.78, 5) is 2.27. The third-order valence-corrected chi connectivity index (χ3v) is 3.65. The fourth-order valence-electron chi connectivity index (χ4n) is 2.17. The normalized spacial score (nSPS) is 20.5. The Morgan fingerprint density at radius 2 is 2.37 bits per heavy atom. The van der Waals surface area contributed by atoms with Gasteiger partial charge in [-0.3, -0.25) is 0 Å². The summed E-state index contributed by atoms with van der Waals surface area (Å²) in [5.41, 5.74) is 1.15. The number of nitrogens with zero attached hydrogens (tertiary/aromatic N) is 1. The van der Waals surface area contributed by atoms with E-state index >= 15 is 0 Å². The van der Waals surface area contributed by atoms with Crippen LogP contribution in [-0.4, -0.2) is 51.4 Å². The van der Waals surface area contributed by atoms with Gasteiger partial charge in [-0.15, -0.1) is 0 Å². The van der Waals surface area contributed by atoms with Crippen molar-refractivity contribution in [2.24, 2.45) is 0 Å². The van der Waals surface area contributed by atoms with Crippen LogP contribution in [0.5, 0.6) is 5.75 Å². The van der Waals surface area contributed by atoms with E-state index in [1.807, 2.05) is 19.2 Å². The van der Waals surface area contributed by atoms with Gasteiger partial charge < -0.3 is 19.7 Å². The summed E-state index contributed by atoms with van der Waals surface area (Å²) in [6.45, 7) is 4.11. The first-order chi connectivity index (χ1) is 9.19. The number of halogens is 1. The van der Waals surface area contributed by atoms with E-state index in [9.17, 15) is 0 Å². The highest BCUT2D eigenvalue weighted by atomic mass is 79.9. The van der Waals surface area contributed by atoms with Gasteiger partial charge in [0.05, 0.1) is 6.61 Å². The van der Waals surface area contributed by atoms with Crippen LogP contribution in [0.2, 0.25) is 0 Å². The van der Waals surface area contributed by atoms with Gasteiger partial charge in [-0.25, -0.2) is 0 Å². The smallest absolute Gasteiger partial charge is 0.124 e. The SMILES string of the molecule is CNCc1cc(Br)ccc1OCC1CN(C)CCO1. The molecule has 4 nitrogen and oxygen atoms in total. The third kappa shape index (κ3) is 4.45. The van der Waals surface area contributed by atoms with Crippen LogP contribution < -0.4 is 10.1 Å². The summed E-state index contributed by atoms with van der Waals surface area (Å²) in [5.74, 6) is 0.925. The van der Waals surface area contributed by atoms with E-state index in [1.54, 1.807) is 0 Å². The first-order valence-corrected chi connectivity index (χ1v) is 7.34. The molecule has 0 amide bonds. The Morgan fingerprint density at radius 1 is 1.53 bits per heavy atom. The van der Waals surface area contributed by atoms with E-state index < -0.39 is 0 Å². The molecule has 0 aliphatic carbocycles. The molecule has 0 aromatic heterocycles. The number of ether oxygens (including phenoxy) is 2. The molecular weight excluding hydrogens is 308 g/mol. The van der Waals surface area contributed by atoms with Crippen LogP contribution in [0.25, 0.3) is 0 Å². The van der Waals surface area contributed by atoms with Crippen molar-refractivity contribution in [1.82, 2.24) is 10.2 Å². The maximum absolute atomic E-state index is 5.92.